The van der Waals surface area contributed by atoms with Crippen LogP contribution in [0.3, 0.4) is 0 Å². The monoisotopic (exact) mass is 292 g/mol. The minimum Gasteiger partial charge on any atom is -0.357 e. The van der Waals surface area contributed by atoms with Gasteiger partial charge in [-0.05, 0) is 45.8 Å². The summed E-state index contributed by atoms with van der Waals surface area (Å²) in [5.74, 6) is 1.72. The minimum absolute atomic E-state index is 0.588. The lowest BCUT2D eigenvalue weighted by atomic mass is 10.1. The second-order valence-corrected chi connectivity index (χ2v) is 5.89. The van der Waals surface area contributed by atoms with Gasteiger partial charge in [0, 0.05) is 32.4 Å². The van der Waals surface area contributed by atoms with Crippen molar-refractivity contribution in [2.45, 2.75) is 32.4 Å². The molecule has 1 saturated carbocycles. The Kier molecular flexibility index (Phi) is 5.61. The Morgan fingerprint density at radius 3 is 2.76 bits per heavy atom. The van der Waals surface area contributed by atoms with Crippen molar-refractivity contribution < 1.29 is 0 Å². The zero-order valence-electron chi connectivity index (χ0n) is 13.6. The molecule has 2 N–H and O–H groups in total. The van der Waals surface area contributed by atoms with Crippen molar-refractivity contribution >= 4 is 5.96 Å². The normalized spacial score (nSPS) is 17.1. The standard InChI is InChI=1S/C15H28N6/c1-5-16-15(17-10-13-8-9-19-21(13)4)18-11-14(20(2)3)12-6-7-12/h8-9,12,14H,5-7,10-11H2,1-4H3,(H2,16,17,18). The first-order valence-electron chi connectivity index (χ1n) is 7.77. The first-order chi connectivity index (χ1) is 10.1. The quantitative estimate of drug-likeness (QED) is 0.577. The topological polar surface area (TPSA) is 57.5 Å². The Balaban J connectivity index is 1.90. The number of aryl methyl sites for hydroxylation is 1. The van der Waals surface area contributed by atoms with E-state index in [1.807, 2.05) is 17.8 Å². The largest absolute Gasteiger partial charge is 0.357 e. The van der Waals surface area contributed by atoms with Gasteiger partial charge in [-0.25, -0.2) is 4.99 Å². The lowest BCUT2D eigenvalue weighted by molar-refractivity contribution is 0.264. The second-order valence-electron chi connectivity index (χ2n) is 5.89. The van der Waals surface area contributed by atoms with Gasteiger partial charge in [0.05, 0.1) is 12.2 Å². The van der Waals surface area contributed by atoms with E-state index in [1.165, 1.54) is 12.8 Å². The average molecular weight is 292 g/mol. The number of aliphatic imine (C=N–C) groups is 1. The van der Waals surface area contributed by atoms with Crippen LogP contribution in [0.25, 0.3) is 0 Å². The third kappa shape index (κ3) is 4.74. The predicted molar refractivity (Wildman–Crippen MR) is 86.2 cm³/mol. The molecular weight excluding hydrogens is 264 g/mol. The van der Waals surface area contributed by atoms with Crippen LogP contribution < -0.4 is 10.6 Å². The highest BCUT2D eigenvalue weighted by Gasteiger charge is 2.32. The fraction of sp³-hybridized carbons (Fsp3) is 0.733. The molecule has 1 fully saturated rings. The van der Waals surface area contributed by atoms with Crippen LogP contribution in [0.5, 0.6) is 0 Å². The SMILES string of the molecule is CCNC(=NCc1ccnn1C)NCC(C1CC1)N(C)C. The molecule has 0 saturated heterocycles. The Labute approximate surface area is 127 Å². The number of nitrogens with zero attached hydrogens (tertiary/aromatic N) is 4. The highest BCUT2D eigenvalue weighted by atomic mass is 15.3. The summed E-state index contributed by atoms with van der Waals surface area (Å²) in [6.45, 7) is 4.54. The molecule has 1 aliphatic rings. The molecule has 0 aliphatic heterocycles. The molecular formula is C15H28N6. The van der Waals surface area contributed by atoms with E-state index in [-0.39, 0.29) is 0 Å². The number of rotatable bonds is 7. The van der Waals surface area contributed by atoms with E-state index < -0.39 is 0 Å². The molecule has 1 heterocycles. The highest BCUT2D eigenvalue weighted by molar-refractivity contribution is 5.79. The maximum Gasteiger partial charge on any atom is 0.191 e. The van der Waals surface area contributed by atoms with Gasteiger partial charge in [0.1, 0.15) is 0 Å². The van der Waals surface area contributed by atoms with Crippen LogP contribution in [0.4, 0.5) is 0 Å². The van der Waals surface area contributed by atoms with Gasteiger partial charge in [-0.3, -0.25) is 4.68 Å². The van der Waals surface area contributed by atoms with Gasteiger partial charge < -0.3 is 15.5 Å². The van der Waals surface area contributed by atoms with Crippen LogP contribution in [0.1, 0.15) is 25.5 Å². The van der Waals surface area contributed by atoms with Crippen LogP contribution in [0.15, 0.2) is 17.3 Å². The molecule has 2 rings (SSSR count). The Morgan fingerprint density at radius 2 is 2.24 bits per heavy atom. The summed E-state index contributed by atoms with van der Waals surface area (Å²) in [6.07, 6.45) is 4.51. The molecule has 6 nitrogen and oxygen atoms in total. The second kappa shape index (κ2) is 7.45. The molecule has 118 valence electrons. The summed E-state index contributed by atoms with van der Waals surface area (Å²) in [6, 6.07) is 2.59. The zero-order chi connectivity index (χ0) is 15.2. The summed E-state index contributed by atoms with van der Waals surface area (Å²) in [7, 11) is 6.26. The van der Waals surface area contributed by atoms with Crippen molar-refractivity contribution in [3.8, 4) is 0 Å². The maximum atomic E-state index is 4.64. The summed E-state index contributed by atoms with van der Waals surface area (Å²) in [4.78, 5) is 6.96. The number of nitrogens with one attached hydrogen (secondary N) is 2. The van der Waals surface area contributed by atoms with Gasteiger partial charge in [0.2, 0.25) is 0 Å². The molecule has 1 unspecified atom stereocenters. The Hall–Kier alpha value is -1.56. The molecule has 0 bridgehead atoms. The maximum absolute atomic E-state index is 4.64. The van der Waals surface area contributed by atoms with Crippen LogP contribution >= 0.6 is 0 Å². The van der Waals surface area contributed by atoms with Gasteiger partial charge >= 0.3 is 0 Å². The van der Waals surface area contributed by atoms with E-state index in [4.69, 9.17) is 0 Å². The van der Waals surface area contributed by atoms with Crippen LogP contribution in [-0.2, 0) is 13.6 Å². The third-order valence-electron chi connectivity index (χ3n) is 3.97. The molecule has 1 aromatic heterocycles. The summed E-state index contributed by atoms with van der Waals surface area (Å²) in [5.41, 5.74) is 1.11. The van der Waals surface area contributed by atoms with Crippen LogP contribution in [-0.4, -0.2) is 53.9 Å². The van der Waals surface area contributed by atoms with Crippen molar-refractivity contribution in [2.24, 2.45) is 18.0 Å². The van der Waals surface area contributed by atoms with E-state index in [2.05, 4.69) is 46.6 Å². The van der Waals surface area contributed by atoms with Gasteiger partial charge in [-0.15, -0.1) is 0 Å². The fourth-order valence-corrected chi connectivity index (χ4v) is 2.51. The van der Waals surface area contributed by atoms with Crippen molar-refractivity contribution in [2.75, 3.05) is 27.2 Å². The summed E-state index contributed by atoms with van der Waals surface area (Å²) >= 11 is 0. The van der Waals surface area contributed by atoms with Gasteiger partial charge in [-0.1, -0.05) is 0 Å². The first kappa shape index (κ1) is 15.8. The van der Waals surface area contributed by atoms with Crippen molar-refractivity contribution in [1.82, 2.24) is 25.3 Å². The lowest BCUT2D eigenvalue weighted by Gasteiger charge is -2.25. The van der Waals surface area contributed by atoms with E-state index in [0.29, 0.717) is 12.6 Å². The molecule has 21 heavy (non-hydrogen) atoms. The number of aromatic nitrogens is 2. The van der Waals surface area contributed by atoms with Crippen LogP contribution in [0.2, 0.25) is 0 Å². The van der Waals surface area contributed by atoms with Crippen molar-refractivity contribution in [1.29, 1.82) is 0 Å². The lowest BCUT2D eigenvalue weighted by Crippen LogP contribution is -2.46. The van der Waals surface area contributed by atoms with Crippen LogP contribution in [0, 0.1) is 5.92 Å². The van der Waals surface area contributed by atoms with E-state index >= 15 is 0 Å². The molecule has 0 spiro atoms. The molecule has 0 radical (unpaired) electrons. The summed E-state index contributed by atoms with van der Waals surface area (Å²) < 4.78 is 1.86. The number of guanidine groups is 1. The average Bonchev–Trinajstić information content (AvgIpc) is 3.19. The zero-order valence-corrected chi connectivity index (χ0v) is 13.6. The van der Waals surface area contributed by atoms with Crippen molar-refractivity contribution in [3.05, 3.63) is 18.0 Å². The number of hydrogen-bond acceptors (Lipinski definition) is 3. The third-order valence-corrected chi connectivity index (χ3v) is 3.97. The fourth-order valence-electron chi connectivity index (χ4n) is 2.51. The van der Waals surface area contributed by atoms with E-state index in [0.717, 1.165) is 30.7 Å². The number of hydrogen-bond donors (Lipinski definition) is 2. The van der Waals surface area contributed by atoms with E-state index in [1.54, 1.807) is 6.20 Å². The smallest absolute Gasteiger partial charge is 0.191 e. The first-order valence-corrected chi connectivity index (χ1v) is 7.77. The number of likely N-dealkylation sites (N-methyl/N-ethyl adjacent to an activating group) is 1. The van der Waals surface area contributed by atoms with Crippen molar-refractivity contribution in [3.63, 3.8) is 0 Å². The van der Waals surface area contributed by atoms with Gasteiger partial charge in [0.15, 0.2) is 5.96 Å². The van der Waals surface area contributed by atoms with Gasteiger partial charge in [0.25, 0.3) is 0 Å². The predicted octanol–water partition coefficient (Wildman–Crippen LogP) is 0.815. The molecule has 1 aromatic rings. The molecule has 0 amide bonds. The summed E-state index contributed by atoms with van der Waals surface area (Å²) in [5, 5.41) is 11.0. The Morgan fingerprint density at radius 1 is 1.48 bits per heavy atom. The Bertz CT molecular complexity index is 458. The molecule has 6 heteroatoms. The minimum atomic E-state index is 0.588. The highest BCUT2D eigenvalue weighted by Crippen LogP contribution is 2.34. The van der Waals surface area contributed by atoms with E-state index in [9.17, 15) is 0 Å². The molecule has 1 aliphatic carbocycles. The van der Waals surface area contributed by atoms with Gasteiger partial charge in [-0.2, -0.15) is 5.10 Å². The molecule has 0 aromatic carbocycles. The molecule has 1 atom stereocenters.